The molecule has 8 nitrogen and oxygen atoms in total. The maximum absolute atomic E-state index is 11.9. The highest BCUT2D eigenvalue weighted by molar-refractivity contribution is 5.99. The fourth-order valence-corrected chi connectivity index (χ4v) is 1.77. The maximum Gasteiger partial charge on any atom is 0.408 e. The molecule has 1 atom stereocenters. The van der Waals surface area contributed by atoms with Crippen molar-refractivity contribution in [1.82, 2.24) is 10.2 Å². The number of carbonyl (C=O) groups is 4. The molecule has 0 radical (unpaired) electrons. The molecule has 1 fully saturated rings. The molecule has 8 heteroatoms. The SMILES string of the molecule is CC(C)(C)OC(=O)NCC(=O)N1CC(=O)C[C@H]1C(N)=O. The van der Waals surface area contributed by atoms with Gasteiger partial charge in [-0.2, -0.15) is 0 Å². The number of carbonyl (C=O) groups excluding carboxylic acids is 4. The number of hydrogen-bond acceptors (Lipinski definition) is 5. The number of hydrogen-bond donors (Lipinski definition) is 2. The number of rotatable bonds is 3. The number of nitrogens with one attached hydrogen (secondary N) is 1. The largest absolute Gasteiger partial charge is 0.444 e. The standard InChI is InChI=1S/C12H19N3O5/c1-12(2,3)20-11(19)14-5-9(17)15-6-7(16)4-8(15)10(13)18/h8H,4-6H2,1-3H3,(H2,13,18)(H,14,19)/t8-/m0/s1. The first-order valence-electron chi connectivity index (χ1n) is 6.17. The normalized spacial score (nSPS) is 18.9. The predicted octanol–water partition coefficient (Wildman–Crippen LogP) is -0.834. The van der Waals surface area contributed by atoms with Crippen molar-refractivity contribution in [3.8, 4) is 0 Å². The molecule has 1 heterocycles. The van der Waals surface area contributed by atoms with Crippen LogP contribution in [0.25, 0.3) is 0 Å². The van der Waals surface area contributed by atoms with Gasteiger partial charge in [-0.05, 0) is 20.8 Å². The number of ether oxygens (including phenoxy) is 1. The molecule has 0 spiro atoms. The van der Waals surface area contributed by atoms with Crippen molar-refractivity contribution in [3.05, 3.63) is 0 Å². The van der Waals surface area contributed by atoms with Crippen LogP contribution < -0.4 is 11.1 Å². The van der Waals surface area contributed by atoms with E-state index in [4.69, 9.17) is 10.5 Å². The molecule has 0 bridgehead atoms. The Bertz CT molecular complexity index is 441. The summed E-state index contributed by atoms with van der Waals surface area (Å²) in [5.74, 6) is -1.52. The van der Waals surface area contributed by atoms with E-state index in [1.807, 2.05) is 0 Å². The zero-order chi connectivity index (χ0) is 15.5. The predicted molar refractivity (Wildman–Crippen MR) is 68.6 cm³/mol. The quantitative estimate of drug-likeness (QED) is 0.701. The topological polar surface area (TPSA) is 119 Å². The second kappa shape index (κ2) is 5.89. The Kier molecular flexibility index (Phi) is 4.69. The van der Waals surface area contributed by atoms with E-state index in [0.29, 0.717) is 0 Å². The first-order valence-corrected chi connectivity index (χ1v) is 6.17. The average molecular weight is 285 g/mol. The second-order valence-corrected chi connectivity index (χ2v) is 5.54. The van der Waals surface area contributed by atoms with Crippen molar-refractivity contribution in [2.75, 3.05) is 13.1 Å². The van der Waals surface area contributed by atoms with E-state index in [0.717, 1.165) is 4.90 Å². The van der Waals surface area contributed by atoms with E-state index in [1.54, 1.807) is 20.8 Å². The zero-order valence-electron chi connectivity index (χ0n) is 11.8. The van der Waals surface area contributed by atoms with Crippen LogP contribution in [0.2, 0.25) is 0 Å². The summed E-state index contributed by atoms with van der Waals surface area (Å²) in [6, 6.07) is -0.935. The lowest BCUT2D eigenvalue weighted by atomic mass is 10.2. The molecule has 20 heavy (non-hydrogen) atoms. The van der Waals surface area contributed by atoms with Crippen molar-refractivity contribution >= 4 is 23.7 Å². The summed E-state index contributed by atoms with van der Waals surface area (Å²) in [6.45, 7) is 4.55. The third-order valence-corrected chi connectivity index (χ3v) is 2.58. The van der Waals surface area contributed by atoms with Crippen LogP contribution in [0.3, 0.4) is 0 Å². The summed E-state index contributed by atoms with van der Waals surface area (Å²) in [4.78, 5) is 46.8. The second-order valence-electron chi connectivity index (χ2n) is 5.54. The Morgan fingerprint density at radius 2 is 2.00 bits per heavy atom. The van der Waals surface area contributed by atoms with E-state index < -0.39 is 29.6 Å². The molecule has 3 N–H and O–H groups in total. The van der Waals surface area contributed by atoms with Gasteiger partial charge in [0.15, 0.2) is 5.78 Å². The summed E-state index contributed by atoms with van der Waals surface area (Å²) < 4.78 is 4.97. The molecule has 1 aliphatic rings. The van der Waals surface area contributed by atoms with Gasteiger partial charge in [0.1, 0.15) is 18.2 Å². The summed E-state index contributed by atoms with van der Waals surface area (Å²) in [7, 11) is 0. The van der Waals surface area contributed by atoms with E-state index in [2.05, 4.69) is 5.32 Å². The highest BCUT2D eigenvalue weighted by atomic mass is 16.6. The lowest BCUT2D eigenvalue weighted by Crippen LogP contribution is -2.48. The highest BCUT2D eigenvalue weighted by Crippen LogP contribution is 2.14. The first kappa shape index (κ1) is 15.9. The zero-order valence-corrected chi connectivity index (χ0v) is 11.8. The number of primary amides is 1. The molecule has 0 unspecified atom stereocenters. The minimum atomic E-state index is -0.935. The summed E-state index contributed by atoms with van der Waals surface area (Å²) in [5.41, 5.74) is 4.46. The summed E-state index contributed by atoms with van der Waals surface area (Å²) >= 11 is 0. The molecular weight excluding hydrogens is 266 g/mol. The minimum Gasteiger partial charge on any atom is -0.444 e. The fraction of sp³-hybridized carbons (Fsp3) is 0.667. The molecule has 0 aromatic heterocycles. The molecule has 1 aliphatic heterocycles. The lowest BCUT2D eigenvalue weighted by Gasteiger charge is -2.22. The van der Waals surface area contributed by atoms with Gasteiger partial charge in [0.05, 0.1) is 6.54 Å². The van der Waals surface area contributed by atoms with E-state index >= 15 is 0 Å². The maximum atomic E-state index is 11.9. The van der Waals surface area contributed by atoms with Gasteiger partial charge in [-0.25, -0.2) is 4.79 Å². The van der Waals surface area contributed by atoms with Crippen molar-refractivity contribution < 1.29 is 23.9 Å². The first-order chi connectivity index (χ1) is 9.10. The number of amides is 3. The van der Waals surface area contributed by atoms with Gasteiger partial charge in [0.2, 0.25) is 11.8 Å². The summed E-state index contributed by atoms with van der Waals surface area (Å²) in [6.07, 6.45) is -0.819. The molecular formula is C12H19N3O5. The number of Topliss-reactive ketones (excluding diaryl/α,β-unsaturated/α-hetero) is 1. The van der Waals surface area contributed by atoms with Crippen LogP contribution in [-0.4, -0.2) is 53.3 Å². The molecule has 3 amide bonds. The molecule has 0 aromatic carbocycles. The third kappa shape index (κ3) is 4.52. The number of likely N-dealkylation sites (tertiary alicyclic amines) is 1. The van der Waals surface area contributed by atoms with Crippen LogP contribution in [0.4, 0.5) is 4.79 Å². The lowest BCUT2D eigenvalue weighted by molar-refractivity contribution is -0.136. The summed E-state index contributed by atoms with van der Waals surface area (Å²) in [5, 5.41) is 2.27. The Morgan fingerprint density at radius 3 is 2.50 bits per heavy atom. The average Bonchev–Trinajstić information content (AvgIpc) is 2.66. The molecule has 1 saturated heterocycles. The van der Waals surface area contributed by atoms with E-state index in [1.165, 1.54) is 0 Å². The molecule has 0 aromatic rings. The van der Waals surface area contributed by atoms with Gasteiger partial charge in [0, 0.05) is 6.42 Å². The van der Waals surface area contributed by atoms with Crippen LogP contribution in [0.15, 0.2) is 0 Å². The number of nitrogens with zero attached hydrogens (tertiary/aromatic N) is 1. The molecule has 0 aliphatic carbocycles. The Balaban J connectivity index is 2.52. The Hall–Kier alpha value is -2.12. The number of alkyl carbamates (subject to hydrolysis) is 1. The van der Waals surface area contributed by atoms with Crippen LogP contribution in [-0.2, 0) is 19.1 Å². The molecule has 112 valence electrons. The van der Waals surface area contributed by atoms with Gasteiger partial charge in [-0.15, -0.1) is 0 Å². The van der Waals surface area contributed by atoms with Crippen LogP contribution in [0.1, 0.15) is 27.2 Å². The number of ketones is 1. The Morgan fingerprint density at radius 1 is 1.40 bits per heavy atom. The monoisotopic (exact) mass is 285 g/mol. The van der Waals surface area contributed by atoms with Gasteiger partial charge in [0.25, 0.3) is 0 Å². The van der Waals surface area contributed by atoms with Gasteiger partial charge >= 0.3 is 6.09 Å². The minimum absolute atomic E-state index is 0.0759. The van der Waals surface area contributed by atoms with Crippen LogP contribution in [0.5, 0.6) is 0 Å². The van der Waals surface area contributed by atoms with E-state index in [-0.39, 0.29) is 25.3 Å². The molecule has 1 rings (SSSR count). The Labute approximate surface area is 116 Å². The fourth-order valence-electron chi connectivity index (χ4n) is 1.77. The third-order valence-electron chi connectivity index (χ3n) is 2.58. The van der Waals surface area contributed by atoms with E-state index in [9.17, 15) is 19.2 Å². The van der Waals surface area contributed by atoms with Crippen molar-refractivity contribution in [3.63, 3.8) is 0 Å². The van der Waals surface area contributed by atoms with Crippen LogP contribution in [0, 0.1) is 0 Å². The van der Waals surface area contributed by atoms with Crippen molar-refractivity contribution in [2.24, 2.45) is 5.73 Å². The van der Waals surface area contributed by atoms with Gasteiger partial charge in [-0.1, -0.05) is 0 Å². The molecule has 0 saturated carbocycles. The number of nitrogens with two attached hydrogens (primary N) is 1. The highest BCUT2D eigenvalue weighted by Gasteiger charge is 2.37. The van der Waals surface area contributed by atoms with Crippen molar-refractivity contribution in [1.29, 1.82) is 0 Å². The smallest absolute Gasteiger partial charge is 0.408 e. The van der Waals surface area contributed by atoms with Crippen molar-refractivity contribution in [2.45, 2.75) is 38.8 Å². The van der Waals surface area contributed by atoms with Crippen LogP contribution >= 0.6 is 0 Å². The van der Waals surface area contributed by atoms with Gasteiger partial charge < -0.3 is 20.7 Å². The van der Waals surface area contributed by atoms with Gasteiger partial charge in [-0.3, -0.25) is 14.4 Å².